The zero-order valence-corrected chi connectivity index (χ0v) is 27.9. The monoisotopic (exact) mass is 601 g/mol. The number of carbonyl (C=O) groups is 1. The molecule has 0 aliphatic carbocycles. The molecule has 9 nitrogen and oxygen atoms in total. The Morgan fingerprint density at radius 3 is 2.24 bits per heavy atom. The lowest BCUT2D eigenvalue weighted by Gasteiger charge is -2.40. The lowest BCUT2D eigenvalue weighted by molar-refractivity contribution is -0.0421. The number of aromatic nitrogens is 4. The summed E-state index contributed by atoms with van der Waals surface area (Å²) in [6.45, 7) is 21.7. The zero-order chi connectivity index (χ0) is 30.4. The van der Waals surface area contributed by atoms with E-state index in [0.717, 1.165) is 0 Å². The fourth-order valence-electron chi connectivity index (χ4n) is 4.12. The van der Waals surface area contributed by atoms with Gasteiger partial charge in [-0.3, -0.25) is 9.36 Å². The second-order valence-electron chi connectivity index (χ2n) is 13.8. The van der Waals surface area contributed by atoms with E-state index in [1.54, 1.807) is 28.8 Å². The van der Waals surface area contributed by atoms with E-state index >= 15 is 4.39 Å². The topological polar surface area (TPSA) is 100 Å². The molecule has 1 saturated heterocycles. The minimum atomic E-state index is -2.36. The van der Waals surface area contributed by atoms with E-state index in [9.17, 15) is 4.79 Å². The largest absolute Gasteiger partial charge is 0.414 e. The van der Waals surface area contributed by atoms with Gasteiger partial charge in [0.25, 0.3) is 5.91 Å². The Morgan fingerprint density at radius 2 is 1.63 bits per heavy atom. The Kier molecular flexibility index (Phi) is 8.65. The van der Waals surface area contributed by atoms with Crippen LogP contribution in [0.3, 0.4) is 0 Å². The standard InChI is InChI=1S/C29H44FN5O4Si2/c1-28(2,3)40(7,8)37-16-20-23(39-41(9,10)29(4,5)6)21(30)27(38-20)35-18-33-22-24(31-17-32-25(22)35)34-26(36)19-14-12-11-13-15-19/h11-15,17-18,20-21,23,27H,16H2,1-10H3,(H,31,32,34,36)/t20-,21-,23-,27-/m1/s1. The minimum Gasteiger partial charge on any atom is -0.414 e. The van der Waals surface area contributed by atoms with Crippen molar-refractivity contribution in [1.29, 1.82) is 0 Å². The summed E-state index contributed by atoms with van der Waals surface area (Å²) >= 11 is 0. The van der Waals surface area contributed by atoms with E-state index < -0.39 is 41.2 Å². The van der Waals surface area contributed by atoms with E-state index in [1.165, 1.54) is 12.7 Å². The van der Waals surface area contributed by atoms with Crippen molar-refractivity contribution in [2.45, 2.75) is 102 Å². The maximum atomic E-state index is 16.5. The van der Waals surface area contributed by atoms with E-state index in [0.29, 0.717) is 16.7 Å². The molecule has 0 bridgehead atoms. The van der Waals surface area contributed by atoms with Crippen LogP contribution >= 0.6 is 0 Å². The molecule has 0 saturated carbocycles. The van der Waals surface area contributed by atoms with Crippen LogP contribution in [0.4, 0.5) is 10.2 Å². The molecule has 41 heavy (non-hydrogen) atoms. The van der Waals surface area contributed by atoms with Gasteiger partial charge in [0.05, 0.1) is 12.9 Å². The number of carbonyl (C=O) groups excluding carboxylic acids is 1. The van der Waals surface area contributed by atoms with Gasteiger partial charge in [-0.1, -0.05) is 59.7 Å². The molecule has 4 rings (SSSR count). The van der Waals surface area contributed by atoms with Crippen LogP contribution in [0.25, 0.3) is 11.2 Å². The number of alkyl halides is 1. The molecule has 1 fully saturated rings. The molecule has 1 aromatic carbocycles. The van der Waals surface area contributed by atoms with E-state index in [-0.39, 0.29) is 28.4 Å². The van der Waals surface area contributed by atoms with Crippen molar-refractivity contribution in [1.82, 2.24) is 19.5 Å². The highest BCUT2D eigenvalue weighted by Gasteiger charge is 2.52. The maximum Gasteiger partial charge on any atom is 0.256 e. The van der Waals surface area contributed by atoms with Gasteiger partial charge in [-0.15, -0.1) is 0 Å². The number of benzene rings is 1. The Labute approximate surface area is 244 Å². The van der Waals surface area contributed by atoms with Gasteiger partial charge in [0.15, 0.2) is 46.0 Å². The van der Waals surface area contributed by atoms with Crippen molar-refractivity contribution in [2.24, 2.45) is 0 Å². The summed E-state index contributed by atoms with van der Waals surface area (Å²) in [6, 6.07) is 8.82. The van der Waals surface area contributed by atoms with Crippen LogP contribution in [0.1, 0.15) is 58.1 Å². The van der Waals surface area contributed by atoms with Crippen molar-refractivity contribution >= 4 is 39.5 Å². The second-order valence-corrected chi connectivity index (χ2v) is 23.4. The highest BCUT2D eigenvalue weighted by atomic mass is 28.4. The molecule has 1 N–H and O–H groups in total. The van der Waals surface area contributed by atoms with Gasteiger partial charge in [0.2, 0.25) is 0 Å². The molecule has 12 heteroatoms. The number of nitrogens with one attached hydrogen (secondary N) is 1. The van der Waals surface area contributed by atoms with Crippen LogP contribution in [0.15, 0.2) is 43.0 Å². The molecule has 4 atom stereocenters. The Balaban J connectivity index is 1.64. The Bertz CT molecular complexity index is 1370. The van der Waals surface area contributed by atoms with Gasteiger partial charge in [-0.25, -0.2) is 19.3 Å². The average molecular weight is 602 g/mol. The van der Waals surface area contributed by atoms with Gasteiger partial charge in [-0.05, 0) is 48.4 Å². The quantitative estimate of drug-likeness (QED) is 0.286. The molecule has 1 amide bonds. The second kappa shape index (κ2) is 11.3. The zero-order valence-electron chi connectivity index (χ0n) is 25.9. The van der Waals surface area contributed by atoms with Gasteiger partial charge in [-0.2, -0.15) is 0 Å². The number of rotatable bonds is 8. The molecule has 0 unspecified atom stereocenters. The van der Waals surface area contributed by atoms with Crippen molar-refractivity contribution in [3.63, 3.8) is 0 Å². The third-order valence-corrected chi connectivity index (χ3v) is 17.8. The molecule has 224 valence electrons. The summed E-state index contributed by atoms with van der Waals surface area (Å²) in [5.41, 5.74) is 1.18. The number of imidazole rings is 1. The van der Waals surface area contributed by atoms with Gasteiger partial charge < -0.3 is 18.9 Å². The van der Waals surface area contributed by atoms with Crippen LogP contribution < -0.4 is 5.32 Å². The molecule has 3 heterocycles. The molecule has 0 spiro atoms. The third-order valence-electron chi connectivity index (χ3n) is 8.82. The number of anilines is 1. The van der Waals surface area contributed by atoms with Crippen molar-refractivity contribution in [3.05, 3.63) is 48.5 Å². The van der Waals surface area contributed by atoms with Crippen LogP contribution in [0, 0.1) is 0 Å². The molecule has 1 aliphatic rings. The normalized spacial score (nSPS) is 22.3. The summed E-state index contributed by atoms with van der Waals surface area (Å²) in [5.74, 6) is -0.0887. The predicted octanol–water partition coefficient (Wildman–Crippen LogP) is 6.73. The fraction of sp³-hybridized carbons (Fsp3) is 0.586. The van der Waals surface area contributed by atoms with Crippen molar-refractivity contribution < 1.29 is 22.8 Å². The highest BCUT2D eigenvalue weighted by Crippen LogP contribution is 2.44. The highest BCUT2D eigenvalue weighted by molar-refractivity contribution is 6.74. The first-order chi connectivity index (χ1) is 18.9. The molecule has 0 radical (unpaired) electrons. The van der Waals surface area contributed by atoms with Gasteiger partial charge in [0.1, 0.15) is 18.5 Å². The molecule has 2 aromatic heterocycles. The minimum absolute atomic E-state index is 0.00599. The number of hydrogen-bond acceptors (Lipinski definition) is 7. The van der Waals surface area contributed by atoms with Crippen LogP contribution in [-0.4, -0.2) is 67.0 Å². The number of ether oxygens (including phenoxy) is 1. The average Bonchev–Trinajstić information content (AvgIpc) is 3.43. The number of hydrogen-bond donors (Lipinski definition) is 1. The molecular formula is C29H44FN5O4Si2. The van der Waals surface area contributed by atoms with Crippen LogP contribution in [-0.2, 0) is 13.6 Å². The fourth-order valence-corrected chi connectivity index (χ4v) is 6.45. The Morgan fingerprint density at radius 1 is 1.00 bits per heavy atom. The molecule has 3 aromatic rings. The lowest BCUT2D eigenvalue weighted by Crippen LogP contribution is -2.50. The van der Waals surface area contributed by atoms with Crippen LogP contribution in [0.2, 0.25) is 36.3 Å². The lowest BCUT2D eigenvalue weighted by atomic mass is 10.1. The summed E-state index contributed by atoms with van der Waals surface area (Å²) in [4.78, 5) is 25.8. The van der Waals surface area contributed by atoms with E-state index in [4.69, 9.17) is 13.6 Å². The van der Waals surface area contributed by atoms with Crippen molar-refractivity contribution in [3.8, 4) is 0 Å². The third kappa shape index (κ3) is 6.46. The van der Waals surface area contributed by atoms with Crippen LogP contribution in [0.5, 0.6) is 0 Å². The summed E-state index contributed by atoms with van der Waals surface area (Å²) < 4.78 is 37.6. The first-order valence-corrected chi connectivity index (χ1v) is 19.9. The first kappa shape index (κ1) is 31.4. The number of halogens is 1. The van der Waals surface area contributed by atoms with E-state index in [2.05, 4.69) is 88.0 Å². The summed E-state index contributed by atoms with van der Waals surface area (Å²) in [5, 5.41) is 2.68. The predicted molar refractivity (Wildman–Crippen MR) is 164 cm³/mol. The van der Waals surface area contributed by atoms with Gasteiger partial charge >= 0.3 is 0 Å². The summed E-state index contributed by atoms with van der Waals surface area (Å²) in [7, 11) is -4.48. The molecule has 1 aliphatic heterocycles. The smallest absolute Gasteiger partial charge is 0.256 e. The van der Waals surface area contributed by atoms with Gasteiger partial charge in [0, 0.05) is 5.56 Å². The maximum absolute atomic E-state index is 16.5. The van der Waals surface area contributed by atoms with Crippen molar-refractivity contribution in [2.75, 3.05) is 11.9 Å². The van der Waals surface area contributed by atoms with E-state index in [1.807, 2.05) is 6.07 Å². The first-order valence-electron chi connectivity index (χ1n) is 14.1. The SMILES string of the molecule is CC(C)(C)[Si](C)(C)OC[C@H]1O[C@@H](n2cnc3c(NC(=O)c4ccccc4)ncnc32)[C@H](F)[C@@H]1O[Si](C)(C)C(C)(C)C. The number of amides is 1. The number of nitrogens with zero attached hydrogens (tertiary/aromatic N) is 4. The Hall–Kier alpha value is -2.52. The summed E-state index contributed by atoms with van der Waals surface area (Å²) in [6.07, 6.45) is -1.15. The number of fused-ring (bicyclic) bond motifs is 1. The molecular weight excluding hydrogens is 558 g/mol.